The Bertz CT molecular complexity index is 1020. The first-order valence-electron chi connectivity index (χ1n) is 9.11. The molecule has 0 aliphatic rings. The summed E-state index contributed by atoms with van der Waals surface area (Å²) in [6.45, 7) is 0. The van der Waals surface area contributed by atoms with Crippen LogP contribution in [-0.2, 0) is 0 Å². The summed E-state index contributed by atoms with van der Waals surface area (Å²) in [6, 6.07) is 13.8. The number of aromatic nitrogens is 2. The second kappa shape index (κ2) is 7.38. The number of thiophene rings is 2. The van der Waals surface area contributed by atoms with Crippen LogP contribution in [0.15, 0.2) is 36.4 Å². The summed E-state index contributed by atoms with van der Waals surface area (Å²) in [7, 11) is 0. The zero-order valence-corrected chi connectivity index (χ0v) is 24.7. The Labute approximate surface area is 181 Å². The van der Waals surface area contributed by atoms with Crippen LogP contribution in [0.3, 0.4) is 0 Å². The monoisotopic (exact) mass is 628 g/mol. The van der Waals surface area contributed by atoms with Crippen LogP contribution in [0.1, 0.15) is 0 Å². The zero-order valence-electron chi connectivity index (χ0n) is 16.6. The fourth-order valence-corrected chi connectivity index (χ4v) is 16.2. The molecule has 4 rings (SSSR count). The third-order valence-electron chi connectivity index (χ3n) is 4.64. The van der Waals surface area contributed by atoms with Crippen molar-refractivity contribution in [1.29, 1.82) is 0 Å². The second-order valence-corrected chi connectivity index (χ2v) is 42.5. The van der Waals surface area contributed by atoms with Crippen LogP contribution < -0.4 is 5.79 Å². The van der Waals surface area contributed by atoms with E-state index in [0.717, 1.165) is 11.0 Å². The van der Waals surface area contributed by atoms with Crippen LogP contribution >= 0.6 is 34.4 Å². The molecule has 0 amide bonds. The molecule has 0 spiro atoms. The molecule has 0 saturated heterocycles. The molecule has 7 heteroatoms. The Hall–Kier alpha value is 0.0374. The third kappa shape index (κ3) is 4.04. The van der Waals surface area contributed by atoms with Crippen molar-refractivity contribution in [3.63, 3.8) is 0 Å². The molecule has 3 heterocycles. The maximum atomic E-state index is 4.68. The normalized spacial score (nSPS) is 12.8. The van der Waals surface area contributed by atoms with Crippen LogP contribution in [0.25, 0.3) is 31.9 Å². The molecule has 0 saturated carbocycles. The Morgan fingerprint density at radius 2 is 1.00 bits per heavy atom. The molecule has 3 aromatic heterocycles. The first-order chi connectivity index (χ1) is 12.6. The van der Waals surface area contributed by atoms with Gasteiger partial charge in [0.2, 0.25) is 0 Å². The molecule has 1 aromatic carbocycles. The van der Waals surface area contributed by atoms with Gasteiger partial charge in [0.05, 0.1) is 0 Å². The molecule has 0 bridgehead atoms. The minimum absolute atomic E-state index is 1.06. The van der Waals surface area contributed by atoms with Crippen molar-refractivity contribution in [3.05, 3.63) is 36.4 Å². The van der Waals surface area contributed by atoms with E-state index in [9.17, 15) is 0 Å². The zero-order chi connectivity index (χ0) is 19.4. The van der Waals surface area contributed by atoms with Crippen molar-refractivity contribution in [1.82, 2.24) is 8.75 Å². The van der Waals surface area contributed by atoms with Crippen molar-refractivity contribution in [2.75, 3.05) is 0 Å². The number of benzene rings is 1. The average Bonchev–Trinajstić information content (AvgIpc) is 3.31. The Morgan fingerprint density at radius 3 is 1.33 bits per heavy atom. The van der Waals surface area contributed by atoms with E-state index < -0.39 is 36.8 Å². The Morgan fingerprint density at radius 1 is 0.593 bits per heavy atom. The molecule has 2 nitrogen and oxygen atoms in total. The van der Waals surface area contributed by atoms with Crippen molar-refractivity contribution in [2.45, 2.75) is 29.6 Å². The van der Waals surface area contributed by atoms with Crippen molar-refractivity contribution in [2.24, 2.45) is 0 Å². The van der Waals surface area contributed by atoms with E-state index in [2.05, 4.69) is 74.8 Å². The van der Waals surface area contributed by atoms with Gasteiger partial charge in [-0.15, -0.1) is 0 Å². The molecule has 0 radical (unpaired) electrons. The van der Waals surface area contributed by atoms with Crippen molar-refractivity contribution in [3.8, 4) is 20.9 Å². The van der Waals surface area contributed by atoms with E-state index in [0.29, 0.717) is 0 Å². The van der Waals surface area contributed by atoms with E-state index in [1.165, 1.54) is 32.6 Å². The van der Waals surface area contributed by atoms with Crippen LogP contribution in [0.4, 0.5) is 0 Å². The second-order valence-electron chi connectivity index (χ2n) is 8.95. The van der Waals surface area contributed by atoms with E-state index in [4.69, 9.17) is 0 Å². The summed E-state index contributed by atoms with van der Waals surface area (Å²) in [5.74, 6) is 0. The van der Waals surface area contributed by atoms with E-state index >= 15 is 0 Å². The van der Waals surface area contributed by atoms with Gasteiger partial charge in [0.25, 0.3) is 0 Å². The summed E-state index contributed by atoms with van der Waals surface area (Å²) in [5, 5.41) is 0. The first-order valence-corrected chi connectivity index (χ1v) is 31.5. The van der Waals surface area contributed by atoms with Gasteiger partial charge < -0.3 is 0 Å². The Balaban J connectivity index is 1.82. The number of hydrogen-bond acceptors (Lipinski definition) is 5. The maximum absolute atomic E-state index is 4.68. The van der Waals surface area contributed by atoms with Gasteiger partial charge in [-0.3, -0.25) is 0 Å². The molecule has 0 atom stereocenters. The van der Waals surface area contributed by atoms with Crippen molar-refractivity contribution >= 4 is 88.0 Å². The van der Waals surface area contributed by atoms with Gasteiger partial charge in [0.1, 0.15) is 0 Å². The number of fused-ring (bicyclic) bond motifs is 1. The quantitative estimate of drug-likeness (QED) is 0.251. The summed E-state index contributed by atoms with van der Waals surface area (Å²) >= 11 is 1.19. The Kier molecular flexibility index (Phi) is 5.55. The molecule has 0 N–H and O–H groups in total. The fourth-order valence-electron chi connectivity index (χ4n) is 3.04. The van der Waals surface area contributed by atoms with Gasteiger partial charge in [-0.25, -0.2) is 0 Å². The van der Waals surface area contributed by atoms with Gasteiger partial charge >= 0.3 is 184 Å². The van der Waals surface area contributed by atoms with Gasteiger partial charge in [-0.1, -0.05) is 0 Å². The van der Waals surface area contributed by atoms with Gasteiger partial charge in [0.15, 0.2) is 0 Å². The topological polar surface area (TPSA) is 25.8 Å². The summed E-state index contributed by atoms with van der Waals surface area (Å²) < 4.78 is 12.6. The van der Waals surface area contributed by atoms with E-state index in [-0.39, 0.29) is 0 Å². The van der Waals surface area contributed by atoms with E-state index in [1.807, 2.05) is 22.7 Å². The van der Waals surface area contributed by atoms with Crippen molar-refractivity contribution < 1.29 is 0 Å². The molecule has 27 heavy (non-hydrogen) atoms. The molecule has 4 aromatic rings. The standard InChI is InChI=1S/C14H6N2S3.6CH3.2Sn/c1-3-11(17-7-1)9-5-6-10(12-4-2-8-18-12)14-13(9)15-19-16-14;;;;;;;;/h1-6H;6*1H3;;. The number of rotatable bonds is 4. The summed E-state index contributed by atoms with van der Waals surface area (Å²) in [4.78, 5) is 17.5. The molecule has 0 fully saturated rings. The number of nitrogens with zero attached hydrogens (tertiary/aromatic N) is 2. The third-order valence-corrected chi connectivity index (χ3v) is 26.4. The van der Waals surface area contributed by atoms with Crippen LogP contribution in [0.2, 0.25) is 29.6 Å². The molecule has 0 aliphatic heterocycles. The minimum atomic E-state index is -2.03. The van der Waals surface area contributed by atoms with Crippen LogP contribution in [0.5, 0.6) is 0 Å². The average molecular weight is 626 g/mol. The molecular formula is C20H24N2S3Sn2. The summed E-state index contributed by atoms with van der Waals surface area (Å²) in [5.41, 5.74) is 4.59. The van der Waals surface area contributed by atoms with Crippen LogP contribution in [0, 0.1) is 0 Å². The number of hydrogen-bond donors (Lipinski definition) is 0. The van der Waals surface area contributed by atoms with E-state index in [1.54, 1.807) is 5.79 Å². The summed E-state index contributed by atoms with van der Waals surface area (Å²) in [6.07, 6.45) is 0. The molecule has 140 valence electrons. The van der Waals surface area contributed by atoms with Crippen LogP contribution in [-0.4, -0.2) is 45.5 Å². The first kappa shape index (κ1) is 20.3. The molecular weight excluding hydrogens is 602 g/mol. The van der Waals surface area contributed by atoms with Gasteiger partial charge in [-0.2, -0.15) is 0 Å². The predicted octanol–water partition coefficient (Wildman–Crippen LogP) is 6.24. The SMILES string of the molecule is [CH3][Sn]([CH3])([CH3])[c]1ccc(-c2ccc(-c3cc[c]([Sn]([CH3])([CH3])[CH3])s3)c3nsnc23)s1. The molecule has 0 unspecified atom stereocenters. The van der Waals surface area contributed by atoms with Gasteiger partial charge in [-0.05, 0) is 0 Å². The predicted molar refractivity (Wildman–Crippen MR) is 130 cm³/mol. The molecule has 0 aliphatic carbocycles. The fraction of sp³-hybridized carbons (Fsp3) is 0.300. The van der Waals surface area contributed by atoms with Gasteiger partial charge in [0, 0.05) is 0 Å².